The van der Waals surface area contributed by atoms with Crippen molar-refractivity contribution in [3.63, 3.8) is 0 Å². The van der Waals surface area contributed by atoms with Crippen molar-refractivity contribution >= 4 is 23.2 Å². The van der Waals surface area contributed by atoms with Crippen LogP contribution in [0.15, 0.2) is 24.5 Å². The lowest BCUT2D eigenvalue weighted by Crippen LogP contribution is -2.38. The van der Waals surface area contributed by atoms with Crippen LogP contribution in [0.4, 0.5) is 0 Å². The van der Waals surface area contributed by atoms with Crippen molar-refractivity contribution in [2.24, 2.45) is 0 Å². The summed E-state index contributed by atoms with van der Waals surface area (Å²) in [7, 11) is -0.759. The highest BCUT2D eigenvalue weighted by molar-refractivity contribution is 7.84. The summed E-state index contributed by atoms with van der Waals surface area (Å²) in [4.78, 5) is 3.96. The number of halogens is 1. The van der Waals surface area contributed by atoms with Gasteiger partial charge < -0.3 is 5.32 Å². The summed E-state index contributed by atoms with van der Waals surface area (Å²) in [6.45, 7) is 1.08. The molecule has 0 radical (unpaired) electrons. The van der Waals surface area contributed by atoms with E-state index in [1.54, 1.807) is 12.4 Å². The number of rotatable bonds is 4. The van der Waals surface area contributed by atoms with Gasteiger partial charge in [-0.15, -0.1) is 12.4 Å². The Labute approximate surface area is 111 Å². The van der Waals surface area contributed by atoms with Gasteiger partial charge in [-0.1, -0.05) is 6.42 Å². The Morgan fingerprint density at radius 3 is 2.76 bits per heavy atom. The van der Waals surface area contributed by atoms with Crippen LogP contribution in [0.2, 0.25) is 0 Å². The van der Waals surface area contributed by atoms with E-state index >= 15 is 0 Å². The van der Waals surface area contributed by atoms with E-state index < -0.39 is 10.8 Å². The molecule has 1 N–H and O–H groups in total. The smallest absolute Gasteiger partial charge is 0.0487 e. The molecular formula is C12H19ClN2OS. The summed E-state index contributed by atoms with van der Waals surface area (Å²) < 4.78 is 11.9. The highest BCUT2D eigenvalue weighted by atomic mass is 35.5. The van der Waals surface area contributed by atoms with Gasteiger partial charge in [-0.2, -0.15) is 0 Å². The Balaban J connectivity index is 0.00000144. The Morgan fingerprint density at radius 2 is 2.12 bits per heavy atom. The summed E-state index contributed by atoms with van der Waals surface area (Å²) in [6.07, 6.45) is 7.20. The molecule has 0 saturated carbocycles. The monoisotopic (exact) mass is 274 g/mol. The molecule has 96 valence electrons. The standard InChI is InChI=1S/C12H18N2OS.ClH/c15-16(9-11-4-7-13-8-5-11)10-12-3-1-2-6-14-12;/h4-5,7-8,12,14H,1-3,6,9-10H2;1H. The third-order valence-electron chi connectivity index (χ3n) is 2.88. The van der Waals surface area contributed by atoms with Gasteiger partial charge in [-0.3, -0.25) is 9.19 Å². The van der Waals surface area contributed by atoms with E-state index in [0.717, 1.165) is 17.9 Å². The Kier molecular flexibility index (Phi) is 6.70. The molecule has 2 atom stereocenters. The Morgan fingerprint density at radius 1 is 1.35 bits per heavy atom. The topological polar surface area (TPSA) is 42.0 Å². The minimum atomic E-state index is -0.759. The summed E-state index contributed by atoms with van der Waals surface area (Å²) >= 11 is 0. The number of hydrogen-bond acceptors (Lipinski definition) is 3. The van der Waals surface area contributed by atoms with Crippen molar-refractivity contribution in [3.05, 3.63) is 30.1 Å². The third-order valence-corrected chi connectivity index (χ3v) is 4.31. The first-order valence-corrected chi connectivity index (χ1v) is 7.30. The second kappa shape index (κ2) is 7.80. The molecule has 0 spiro atoms. The zero-order valence-electron chi connectivity index (χ0n) is 9.80. The number of piperidine rings is 1. The van der Waals surface area contributed by atoms with Crippen LogP contribution in [-0.4, -0.2) is 27.5 Å². The fraction of sp³-hybridized carbons (Fsp3) is 0.583. The molecule has 2 rings (SSSR count). The normalized spacial score (nSPS) is 21.5. The first kappa shape index (κ1) is 14.6. The summed E-state index contributed by atoms with van der Waals surface area (Å²) in [6, 6.07) is 4.33. The van der Waals surface area contributed by atoms with Gasteiger partial charge in [0.1, 0.15) is 0 Å². The predicted octanol–water partition coefficient (Wildman–Crippen LogP) is 1.89. The minimum absolute atomic E-state index is 0. The van der Waals surface area contributed by atoms with Crippen LogP contribution in [-0.2, 0) is 16.6 Å². The molecule has 2 heterocycles. The third kappa shape index (κ3) is 5.15. The van der Waals surface area contributed by atoms with Crippen LogP contribution in [0, 0.1) is 0 Å². The fourth-order valence-corrected chi connectivity index (χ4v) is 3.43. The zero-order valence-corrected chi connectivity index (χ0v) is 11.4. The van der Waals surface area contributed by atoms with Crippen LogP contribution >= 0.6 is 12.4 Å². The molecule has 2 unspecified atom stereocenters. The lowest BCUT2D eigenvalue weighted by atomic mass is 10.1. The van der Waals surface area contributed by atoms with Crippen LogP contribution in [0.3, 0.4) is 0 Å². The molecule has 1 aromatic rings. The van der Waals surface area contributed by atoms with Gasteiger partial charge in [0.05, 0.1) is 0 Å². The molecule has 0 aromatic carbocycles. The van der Waals surface area contributed by atoms with E-state index in [0.29, 0.717) is 11.8 Å². The minimum Gasteiger partial charge on any atom is -0.313 e. The van der Waals surface area contributed by atoms with Crippen LogP contribution < -0.4 is 5.32 Å². The van der Waals surface area contributed by atoms with Crippen molar-refractivity contribution in [2.75, 3.05) is 12.3 Å². The van der Waals surface area contributed by atoms with Crippen molar-refractivity contribution in [1.29, 1.82) is 0 Å². The maximum Gasteiger partial charge on any atom is 0.0487 e. The number of aromatic nitrogens is 1. The van der Waals surface area contributed by atoms with Gasteiger partial charge >= 0.3 is 0 Å². The van der Waals surface area contributed by atoms with E-state index in [-0.39, 0.29) is 12.4 Å². The molecule has 1 saturated heterocycles. The van der Waals surface area contributed by atoms with E-state index in [4.69, 9.17) is 0 Å². The quantitative estimate of drug-likeness (QED) is 0.912. The molecule has 0 bridgehead atoms. The highest BCUT2D eigenvalue weighted by Crippen LogP contribution is 2.10. The lowest BCUT2D eigenvalue weighted by Gasteiger charge is -2.22. The highest BCUT2D eigenvalue weighted by Gasteiger charge is 2.15. The zero-order chi connectivity index (χ0) is 11.2. The molecular weight excluding hydrogens is 256 g/mol. The Bertz CT molecular complexity index is 342. The first-order chi connectivity index (χ1) is 7.84. The summed E-state index contributed by atoms with van der Waals surface area (Å²) in [5.41, 5.74) is 1.11. The second-order valence-electron chi connectivity index (χ2n) is 4.25. The lowest BCUT2D eigenvalue weighted by molar-refractivity contribution is 0.427. The van der Waals surface area contributed by atoms with E-state index in [1.807, 2.05) is 12.1 Å². The van der Waals surface area contributed by atoms with Crippen molar-refractivity contribution < 1.29 is 4.21 Å². The fourth-order valence-electron chi connectivity index (χ4n) is 2.01. The van der Waals surface area contributed by atoms with Crippen molar-refractivity contribution in [3.8, 4) is 0 Å². The molecule has 3 nitrogen and oxygen atoms in total. The average Bonchev–Trinajstić information content (AvgIpc) is 2.31. The molecule has 1 aliphatic rings. The SMILES string of the molecule is Cl.O=S(Cc1ccncc1)CC1CCCCN1. The van der Waals surface area contributed by atoms with Gasteiger partial charge in [-0.05, 0) is 37.1 Å². The maximum atomic E-state index is 11.9. The van der Waals surface area contributed by atoms with E-state index in [2.05, 4.69) is 10.3 Å². The van der Waals surface area contributed by atoms with E-state index in [9.17, 15) is 4.21 Å². The Hall–Kier alpha value is -0.450. The molecule has 1 aromatic heterocycles. The number of hydrogen-bond donors (Lipinski definition) is 1. The van der Waals surface area contributed by atoms with Crippen LogP contribution in [0.5, 0.6) is 0 Å². The van der Waals surface area contributed by atoms with Crippen molar-refractivity contribution in [1.82, 2.24) is 10.3 Å². The number of nitrogens with zero attached hydrogens (tertiary/aromatic N) is 1. The average molecular weight is 275 g/mol. The molecule has 1 fully saturated rings. The molecule has 17 heavy (non-hydrogen) atoms. The van der Waals surface area contributed by atoms with Gasteiger partial charge in [0, 0.05) is 40.7 Å². The van der Waals surface area contributed by atoms with Crippen LogP contribution in [0.25, 0.3) is 0 Å². The number of nitrogens with one attached hydrogen (secondary N) is 1. The van der Waals surface area contributed by atoms with Gasteiger partial charge in [-0.25, -0.2) is 0 Å². The summed E-state index contributed by atoms with van der Waals surface area (Å²) in [5, 5.41) is 3.43. The van der Waals surface area contributed by atoms with Crippen molar-refractivity contribution in [2.45, 2.75) is 31.1 Å². The second-order valence-corrected chi connectivity index (χ2v) is 5.75. The van der Waals surface area contributed by atoms with Gasteiger partial charge in [0.25, 0.3) is 0 Å². The molecule has 0 aliphatic carbocycles. The van der Waals surface area contributed by atoms with Crippen LogP contribution in [0.1, 0.15) is 24.8 Å². The number of pyridine rings is 1. The first-order valence-electron chi connectivity index (χ1n) is 5.82. The molecule has 0 amide bonds. The van der Waals surface area contributed by atoms with Gasteiger partial charge in [0.15, 0.2) is 0 Å². The van der Waals surface area contributed by atoms with E-state index in [1.165, 1.54) is 19.3 Å². The molecule has 1 aliphatic heterocycles. The largest absolute Gasteiger partial charge is 0.313 e. The molecule has 5 heteroatoms. The van der Waals surface area contributed by atoms with Gasteiger partial charge in [0.2, 0.25) is 0 Å². The predicted molar refractivity (Wildman–Crippen MR) is 73.8 cm³/mol. The maximum absolute atomic E-state index is 11.9. The summed E-state index contributed by atoms with van der Waals surface area (Å²) in [5.74, 6) is 1.43.